The van der Waals surface area contributed by atoms with Crippen LogP contribution in [0.5, 0.6) is 0 Å². The van der Waals surface area contributed by atoms with E-state index in [1.54, 1.807) is 6.07 Å². The molecule has 140 valence electrons. The van der Waals surface area contributed by atoms with Crippen molar-refractivity contribution in [2.45, 2.75) is 56.3 Å². The number of methoxy groups -OCH3 is 1. The number of hydrogen-bond acceptors (Lipinski definition) is 3. The highest BCUT2D eigenvalue weighted by atomic mass is 19.4. The van der Waals surface area contributed by atoms with Crippen LogP contribution >= 0.6 is 0 Å². The van der Waals surface area contributed by atoms with Gasteiger partial charge in [0.05, 0.1) is 23.6 Å². The maximum absolute atomic E-state index is 13.1. The Morgan fingerprint density at radius 2 is 2.00 bits per heavy atom. The van der Waals surface area contributed by atoms with Gasteiger partial charge in [0, 0.05) is 13.7 Å². The van der Waals surface area contributed by atoms with E-state index in [9.17, 15) is 18.0 Å². The summed E-state index contributed by atoms with van der Waals surface area (Å²) in [7, 11) is 1.48. The van der Waals surface area contributed by atoms with Gasteiger partial charge in [0.25, 0.3) is 0 Å². The van der Waals surface area contributed by atoms with Crippen molar-refractivity contribution in [2.75, 3.05) is 13.7 Å². The number of carbonyl (C=O) groups excluding carboxylic acids is 1. The van der Waals surface area contributed by atoms with Crippen LogP contribution in [0, 0.1) is 0 Å². The second-order valence-corrected chi connectivity index (χ2v) is 6.57. The van der Waals surface area contributed by atoms with E-state index < -0.39 is 23.4 Å². The molecule has 1 aromatic rings. The van der Waals surface area contributed by atoms with Gasteiger partial charge in [0.1, 0.15) is 0 Å². The molecule has 0 bridgehead atoms. The fourth-order valence-electron chi connectivity index (χ4n) is 3.42. The molecule has 2 rings (SSSR count). The lowest BCUT2D eigenvalue weighted by Gasteiger charge is -2.39. The summed E-state index contributed by atoms with van der Waals surface area (Å²) in [6.07, 6.45) is -0.727. The van der Waals surface area contributed by atoms with Crippen molar-refractivity contribution >= 4 is 5.91 Å². The minimum atomic E-state index is -4.41. The van der Waals surface area contributed by atoms with Gasteiger partial charge in [-0.05, 0) is 30.5 Å². The molecule has 1 aromatic carbocycles. The highest BCUT2D eigenvalue weighted by Gasteiger charge is 2.38. The highest BCUT2D eigenvalue weighted by molar-refractivity contribution is 5.77. The van der Waals surface area contributed by atoms with Crippen LogP contribution in [0.15, 0.2) is 24.3 Å². The van der Waals surface area contributed by atoms with E-state index in [0.717, 1.165) is 31.4 Å². The Bertz CT molecular complexity index is 580. The van der Waals surface area contributed by atoms with Crippen LogP contribution in [0.2, 0.25) is 0 Å². The zero-order valence-corrected chi connectivity index (χ0v) is 14.4. The van der Waals surface area contributed by atoms with E-state index in [-0.39, 0.29) is 18.9 Å². The number of ether oxygens (including phenoxy) is 1. The van der Waals surface area contributed by atoms with Crippen molar-refractivity contribution in [2.24, 2.45) is 5.73 Å². The fourth-order valence-corrected chi connectivity index (χ4v) is 3.42. The van der Waals surface area contributed by atoms with E-state index in [2.05, 4.69) is 5.32 Å². The molecular weight excluding hydrogens is 333 g/mol. The first kappa shape index (κ1) is 19.7. The molecule has 1 atom stereocenters. The molecule has 4 nitrogen and oxygen atoms in total. The highest BCUT2D eigenvalue weighted by Crippen LogP contribution is 2.39. The lowest BCUT2D eigenvalue weighted by atomic mass is 9.76. The summed E-state index contributed by atoms with van der Waals surface area (Å²) in [6.45, 7) is 0.209. The van der Waals surface area contributed by atoms with Gasteiger partial charge in [-0.2, -0.15) is 13.2 Å². The summed E-state index contributed by atoms with van der Waals surface area (Å²) < 4.78 is 44.3. The van der Waals surface area contributed by atoms with Crippen LogP contribution in [-0.4, -0.2) is 25.7 Å². The van der Waals surface area contributed by atoms with Crippen LogP contribution in [0.3, 0.4) is 0 Å². The van der Waals surface area contributed by atoms with Gasteiger partial charge in [-0.25, -0.2) is 0 Å². The quantitative estimate of drug-likeness (QED) is 0.820. The Hall–Kier alpha value is -1.60. The minimum absolute atomic E-state index is 0.0910. The van der Waals surface area contributed by atoms with E-state index >= 15 is 0 Å². The molecule has 7 heteroatoms. The topological polar surface area (TPSA) is 64.3 Å². The van der Waals surface area contributed by atoms with Gasteiger partial charge in [-0.3, -0.25) is 4.79 Å². The number of hydrogen-bond donors (Lipinski definition) is 2. The third-order valence-electron chi connectivity index (χ3n) is 4.84. The molecule has 0 spiro atoms. The molecule has 0 heterocycles. The Labute approximate surface area is 145 Å². The van der Waals surface area contributed by atoms with Crippen molar-refractivity contribution < 1.29 is 22.7 Å². The molecule has 1 aliphatic carbocycles. The maximum atomic E-state index is 13.1. The molecule has 0 aromatic heterocycles. The summed E-state index contributed by atoms with van der Waals surface area (Å²) in [4.78, 5) is 12.4. The number of halogens is 3. The van der Waals surface area contributed by atoms with Crippen LogP contribution in [0.4, 0.5) is 13.2 Å². The Morgan fingerprint density at radius 1 is 1.32 bits per heavy atom. The standard InChI is InChI=1S/C18H25F3N2O2/c1-25-15(12-22)11-16(24)23-17(8-3-2-4-9-17)13-6-5-7-14(10-13)18(19,20)21/h5-7,10,15H,2-4,8-9,11-12,22H2,1H3,(H,23,24). The number of rotatable bonds is 6. The molecule has 1 saturated carbocycles. The van der Waals surface area contributed by atoms with Gasteiger partial charge in [-0.15, -0.1) is 0 Å². The summed E-state index contributed by atoms with van der Waals surface area (Å²) in [5.41, 5.74) is 4.60. The second kappa shape index (κ2) is 8.19. The third-order valence-corrected chi connectivity index (χ3v) is 4.84. The number of nitrogens with two attached hydrogens (primary N) is 1. The average molecular weight is 358 g/mol. The van der Waals surface area contributed by atoms with Crippen molar-refractivity contribution in [3.8, 4) is 0 Å². The van der Waals surface area contributed by atoms with Crippen molar-refractivity contribution in [3.05, 3.63) is 35.4 Å². The summed E-state index contributed by atoms with van der Waals surface area (Å²) in [5, 5.41) is 2.98. The van der Waals surface area contributed by atoms with Gasteiger partial charge >= 0.3 is 6.18 Å². The van der Waals surface area contributed by atoms with Crippen LogP contribution in [0.25, 0.3) is 0 Å². The summed E-state index contributed by atoms with van der Waals surface area (Å²) in [6, 6.07) is 5.27. The first-order chi connectivity index (χ1) is 11.8. The number of benzene rings is 1. The molecule has 1 amide bonds. The predicted octanol–water partition coefficient (Wildman–Crippen LogP) is 3.34. The van der Waals surface area contributed by atoms with E-state index in [1.807, 2.05) is 0 Å². The lowest BCUT2D eigenvalue weighted by molar-refractivity contribution is -0.137. The van der Waals surface area contributed by atoms with Crippen molar-refractivity contribution in [3.63, 3.8) is 0 Å². The first-order valence-corrected chi connectivity index (χ1v) is 8.52. The molecule has 1 fully saturated rings. The number of nitrogens with one attached hydrogen (secondary N) is 1. The second-order valence-electron chi connectivity index (χ2n) is 6.57. The number of amides is 1. The predicted molar refractivity (Wildman–Crippen MR) is 88.8 cm³/mol. The van der Waals surface area contributed by atoms with Crippen LogP contribution in [-0.2, 0) is 21.2 Å². The molecule has 1 aliphatic rings. The Kier molecular flexibility index (Phi) is 6.46. The molecular formula is C18H25F3N2O2. The smallest absolute Gasteiger partial charge is 0.380 e. The largest absolute Gasteiger partial charge is 0.416 e. The number of alkyl halides is 3. The maximum Gasteiger partial charge on any atom is 0.416 e. The monoisotopic (exact) mass is 358 g/mol. The van der Waals surface area contributed by atoms with E-state index in [4.69, 9.17) is 10.5 Å². The first-order valence-electron chi connectivity index (χ1n) is 8.52. The summed E-state index contributed by atoms with van der Waals surface area (Å²) >= 11 is 0. The van der Waals surface area contributed by atoms with Crippen LogP contribution < -0.4 is 11.1 Å². The normalized spacial score (nSPS) is 18.6. The van der Waals surface area contributed by atoms with Crippen molar-refractivity contribution in [1.82, 2.24) is 5.32 Å². The third kappa shape index (κ3) is 4.95. The van der Waals surface area contributed by atoms with Gasteiger partial charge in [-0.1, -0.05) is 31.4 Å². The Balaban J connectivity index is 2.27. The van der Waals surface area contributed by atoms with Crippen LogP contribution in [0.1, 0.15) is 49.7 Å². The minimum Gasteiger partial charge on any atom is -0.380 e. The molecule has 25 heavy (non-hydrogen) atoms. The van der Waals surface area contributed by atoms with Gasteiger partial charge in [0.15, 0.2) is 0 Å². The number of carbonyl (C=O) groups is 1. The molecule has 0 radical (unpaired) electrons. The zero-order chi connectivity index (χ0) is 18.5. The zero-order valence-electron chi connectivity index (χ0n) is 14.4. The summed E-state index contributed by atoms with van der Waals surface area (Å²) in [5.74, 6) is -0.253. The molecule has 0 saturated heterocycles. The van der Waals surface area contributed by atoms with Gasteiger partial charge < -0.3 is 15.8 Å². The lowest BCUT2D eigenvalue weighted by Crippen LogP contribution is -2.48. The Morgan fingerprint density at radius 3 is 2.56 bits per heavy atom. The van der Waals surface area contributed by atoms with E-state index in [0.29, 0.717) is 18.4 Å². The van der Waals surface area contributed by atoms with E-state index in [1.165, 1.54) is 13.2 Å². The van der Waals surface area contributed by atoms with Crippen molar-refractivity contribution in [1.29, 1.82) is 0 Å². The molecule has 3 N–H and O–H groups in total. The SMILES string of the molecule is COC(CN)CC(=O)NC1(c2cccc(C(F)(F)F)c2)CCCCC1. The molecule has 1 unspecified atom stereocenters. The average Bonchev–Trinajstić information content (AvgIpc) is 2.60. The fraction of sp³-hybridized carbons (Fsp3) is 0.611. The molecule has 0 aliphatic heterocycles. The van der Waals surface area contributed by atoms with Gasteiger partial charge in [0.2, 0.25) is 5.91 Å².